The lowest BCUT2D eigenvalue weighted by molar-refractivity contribution is -0.123. The van der Waals surface area contributed by atoms with E-state index in [2.05, 4.69) is 67.9 Å². The standard InChI is InChI=1S/C22H28N2O/c1-13(2)24-17-11-9-8-10-16(17)19-15(4)20(14(3)12-18(19)24)23-21(25)22(5,6)7/h8-13H,1-7H3,(H,23,25). The van der Waals surface area contributed by atoms with Crippen molar-refractivity contribution in [3.63, 3.8) is 0 Å². The van der Waals surface area contributed by atoms with Crippen LogP contribution in [0.1, 0.15) is 51.8 Å². The first-order valence-electron chi connectivity index (χ1n) is 8.97. The highest BCUT2D eigenvalue weighted by atomic mass is 16.2. The maximum atomic E-state index is 12.5. The Morgan fingerprint density at radius 3 is 2.32 bits per heavy atom. The van der Waals surface area contributed by atoms with Crippen LogP contribution in [0.25, 0.3) is 21.8 Å². The van der Waals surface area contributed by atoms with Gasteiger partial charge in [0.25, 0.3) is 0 Å². The quantitative estimate of drug-likeness (QED) is 0.614. The second-order valence-electron chi connectivity index (χ2n) is 8.27. The fourth-order valence-corrected chi connectivity index (χ4v) is 3.57. The van der Waals surface area contributed by atoms with Gasteiger partial charge in [0.15, 0.2) is 0 Å². The summed E-state index contributed by atoms with van der Waals surface area (Å²) in [7, 11) is 0. The van der Waals surface area contributed by atoms with Gasteiger partial charge >= 0.3 is 0 Å². The highest BCUT2D eigenvalue weighted by Gasteiger charge is 2.24. The normalized spacial score (nSPS) is 12.3. The zero-order valence-electron chi connectivity index (χ0n) is 16.3. The predicted molar refractivity (Wildman–Crippen MR) is 107 cm³/mol. The third kappa shape index (κ3) is 2.82. The van der Waals surface area contributed by atoms with E-state index in [1.807, 2.05) is 20.8 Å². The molecule has 0 atom stereocenters. The summed E-state index contributed by atoms with van der Waals surface area (Å²) in [5.41, 5.74) is 5.25. The molecule has 0 saturated carbocycles. The molecule has 0 bridgehead atoms. The number of anilines is 1. The molecule has 0 fully saturated rings. The number of aromatic nitrogens is 1. The molecule has 0 aliphatic carbocycles. The first-order valence-corrected chi connectivity index (χ1v) is 8.97. The Bertz CT molecular complexity index is 971. The summed E-state index contributed by atoms with van der Waals surface area (Å²) in [4.78, 5) is 12.5. The number of hydrogen-bond donors (Lipinski definition) is 1. The van der Waals surface area contributed by atoms with E-state index in [9.17, 15) is 4.79 Å². The van der Waals surface area contributed by atoms with Crippen LogP contribution in [0.2, 0.25) is 0 Å². The molecule has 3 heteroatoms. The van der Waals surface area contributed by atoms with Crippen LogP contribution in [0.15, 0.2) is 30.3 Å². The van der Waals surface area contributed by atoms with Gasteiger partial charge < -0.3 is 9.88 Å². The Morgan fingerprint density at radius 2 is 1.72 bits per heavy atom. The molecule has 1 amide bonds. The molecule has 25 heavy (non-hydrogen) atoms. The maximum Gasteiger partial charge on any atom is 0.229 e. The number of nitrogens with one attached hydrogen (secondary N) is 1. The molecule has 0 aliphatic rings. The minimum Gasteiger partial charge on any atom is -0.338 e. The van der Waals surface area contributed by atoms with Gasteiger partial charge in [-0.1, -0.05) is 39.0 Å². The van der Waals surface area contributed by atoms with Gasteiger partial charge in [-0.25, -0.2) is 0 Å². The van der Waals surface area contributed by atoms with Crippen LogP contribution in [0.4, 0.5) is 5.69 Å². The highest BCUT2D eigenvalue weighted by Crippen LogP contribution is 2.38. The predicted octanol–water partition coefficient (Wildman–Crippen LogP) is 5.98. The van der Waals surface area contributed by atoms with Crippen molar-refractivity contribution in [1.29, 1.82) is 0 Å². The van der Waals surface area contributed by atoms with Crippen molar-refractivity contribution < 1.29 is 4.79 Å². The minimum absolute atomic E-state index is 0.0469. The molecule has 1 aromatic heterocycles. The van der Waals surface area contributed by atoms with E-state index in [-0.39, 0.29) is 5.91 Å². The molecule has 0 radical (unpaired) electrons. The molecule has 0 unspecified atom stereocenters. The average Bonchev–Trinajstić information content (AvgIpc) is 2.84. The first kappa shape index (κ1) is 17.5. The van der Waals surface area contributed by atoms with Crippen LogP contribution in [0, 0.1) is 19.3 Å². The molecule has 3 rings (SSSR count). The topological polar surface area (TPSA) is 34.0 Å². The Hall–Kier alpha value is -2.29. The van der Waals surface area contributed by atoms with E-state index in [0.717, 1.165) is 16.8 Å². The van der Waals surface area contributed by atoms with Crippen LogP contribution < -0.4 is 5.32 Å². The van der Waals surface area contributed by atoms with Crippen LogP contribution >= 0.6 is 0 Å². The number of aryl methyl sites for hydroxylation is 2. The fourth-order valence-electron chi connectivity index (χ4n) is 3.57. The summed E-state index contributed by atoms with van der Waals surface area (Å²) in [6.07, 6.45) is 0. The second-order valence-corrected chi connectivity index (χ2v) is 8.27. The van der Waals surface area contributed by atoms with E-state index >= 15 is 0 Å². The Balaban J connectivity index is 2.34. The van der Waals surface area contributed by atoms with Gasteiger partial charge in [-0.05, 0) is 51.0 Å². The third-order valence-corrected chi connectivity index (χ3v) is 4.88. The number of amides is 1. The van der Waals surface area contributed by atoms with Crippen LogP contribution in [0.5, 0.6) is 0 Å². The van der Waals surface area contributed by atoms with Crippen LogP contribution in [-0.2, 0) is 4.79 Å². The fraction of sp³-hybridized carbons (Fsp3) is 0.409. The summed E-state index contributed by atoms with van der Waals surface area (Å²) >= 11 is 0. The molecule has 132 valence electrons. The van der Waals surface area contributed by atoms with Crippen molar-refractivity contribution in [3.05, 3.63) is 41.5 Å². The molecular weight excluding hydrogens is 308 g/mol. The van der Waals surface area contributed by atoms with E-state index in [1.54, 1.807) is 0 Å². The molecule has 1 N–H and O–H groups in total. The number of para-hydroxylation sites is 1. The molecule has 3 aromatic rings. The first-order chi connectivity index (χ1) is 11.6. The average molecular weight is 336 g/mol. The lowest BCUT2D eigenvalue weighted by Crippen LogP contribution is -2.28. The summed E-state index contributed by atoms with van der Waals surface area (Å²) in [5, 5.41) is 5.65. The molecule has 0 spiro atoms. The summed E-state index contributed by atoms with van der Waals surface area (Å²) in [6, 6.07) is 11.1. The lowest BCUT2D eigenvalue weighted by atomic mass is 9.94. The zero-order valence-corrected chi connectivity index (χ0v) is 16.3. The van der Waals surface area contributed by atoms with Gasteiger partial charge in [0.1, 0.15) is 0 Å². The molecular formula is C22H28N2O. The molecule has 1 heterocycles. The number of fused-ring (bicyclic) bond motifs is 3. The van der Waals surface area contributed by atoms with Gasteiger partial charge in [0, 0.05) is 33.4 Å². The number of nitrogens with zero attached hydrogens (tertiary/aromatic N) is 1. The van der Waals surface area contributed by atoms with Gasteiger partial charge in [-0.2, -0.15) is 0 Å². The van der Waals surface area contributed by atoms with Crippen LogP contribution in [0.3, 0.4) is 0 Å². The van der Waals surface area contributed by atoms with Crippen molar-refractivity contribution >= 4 is 33.4 Å². The Labute approximate surface area is 150 Å². The number of hydrogen-bond acceptors (Lipinski definition) is 1. The second kappa shape index (κ2) is 5.91. The SMILES string of the molecule is Cc1cc2c(c(C)c1NC(=O)C(C)(C)C)c1ccccc1n2C(C)C. The minimum atomic E-state index is -0.417. The summed E-state index contributed by atoms with van der Waals surface area (Å²) in [6.45, 7) is 14.4. The van der Waals surface area contributed by atoms with Crippen molar-refractivity contribution in [2.24, 2.45) is 5.41 Å². The van der Waals surface area contributed by atoms with Crippen molar-refractivity contribution in [1.82, 2.24) is 4.57 Å². The lowest BCUT2D eigenvalue weighted by Gasteiger charge is -2.21. The van der Waals surface area contributed by atoms with E-state index in [1.165, 1.54) is 21.8 Å². The van der Waals surface area contributed by atoms with Gasteiger partial charge in [-0.3, -0.25) is 4.79 Å². The molecule has 3 nitrogen and oxygen atoms in total. The number of carbonyl (C=O) groups is 1. The summed E-state index contributed by atoms with van der Waals surface area (Å²) in [5.74, 6) is 0.0469. The Kier molecular flexibility index (Phi) is 4.14. The summed E-state index contributed by atoms with van der Waals surface area (Å²) < 4.78 is 2.39. The van der Waals surface area contributed by atoms with Crippen molar-refractivity contribution in [3.8, 4) is 0 Å². The monoisotopic (exact) mass is 336 g/mol. The van der Waals surface area contributed by atoms with E-state index < -0.39 is 5.41 Å². The largest absolute Gasteiger partial charge is 0.338 e. The smallest absolute Gasteiger partial charge is 0.229 e. The van der Waals surface area contributed by atoms with Gasteiger partial charge in [0.05, 0.1) is 5.52 Å². The van der Waals surface area contributed by atoms with Crippen molar-refractivity contribution in [2.75, 3.05) is 5.32 Å². The third-order valence-electron chi connectivity index (χ3n) is 4.88. The van der Waals surface area contributed by atoms with Crippen LogP contribution in [-0.4, -0.2) is 10.5 Å². The highest BCUT2D eigenvalue weighted by molar-refractivity contribution is 6.12. The number of rotatable bonds is 2. The van der Waals surface area contributed by atoms with Crippen molar-refractivity contribution in [2.45, 2.75) is 54.5 Å². The number of carbonyl (C=O) groups excluding carboxylic acids is 1. The molecule has 0 saturated heterocycles. The number of benzene rings is 2. The molecule has 2 aromatic carbocycles. The van der Waals surface area contributed by atoms with E-state index in [0.29, 0.717) is 6.04 Å². The van der Waals surface area contributed by atoms with Gasteiger partial charge in [-0.15, -0.1) is 0 Å². The molecule has 0 aliphatic heterocycles. The zero-order chi connectivity index (χ0) is 18.5. The van der Waals surface area contributed by atoms with E-state index in [4.69, 9.17) is 0 Å². The maximum absolute atomic E-state index is 12.5. The van der Waals surface area contributed by atoms with Gasteiger partial charge in [0.2, 0.25) is 5.91 Å². The Morgan fingerprint density at radius 1 is 1.08 bits per heavy atom.